The van der Waals surface area contributed by atoms with Gasteiger partial charge in [-0.05, 0) is 33.8 Å². The van der Waals surface area contributed by atoms with Crippen molar-refractivity contribution in [2.45, 2.75) is 26.3 Å². The van der Waals surface area contributed by atoms with E-state index in [9.17, 15) is 19.3 Å². The maximum Gasteiger partial charge on any atom is 0.287 e. The highest BCUT2D eigenvalue weighted by molar-refractivity contribution is 9.10. The number of likely N-dealkylation sites (tertiary alicyclic amines) is 1. The highest BCUT2D eigenvalue weighted by atomic mass is 79.9. The normalized spacial score (nSPS) is 19.9. The Balaban J connectivity index is 0.00000264. The van der Waals surface area contributed by atoms with Gasteiger partial charge in [-0.2, -0.15) is 0 Å². The molecule has 2 rings (SSSR count). The van der Waals surface area contributed by atoms with E-state index < -0.39 is 22.3 Å². The lowest BCUT2D eigenvalue weighted by Gasteiger charge is -2.42. The number of nitro groups is 1. The summed E-state index contributed by atoms with van der Waals surface area (Å²) in [5.41, 5.74) is 5.27. The van der Waals surface area contributed by atoms with Crippen molar-refractivity contribution in [2.24, 2.45) is 11.1 Å². The van der Waals surface area contributed by atoms with E-state index in [1.807, 2.05) is 13.8 Å². The van der Waals surface area contributed by atoms with Crippen LogP contribution in [0.1, 0.15) is 30.6 Å². The van der Waals surface area contributed by atoms with Crippen LogP contribution in [0.5, 0.6) is 0 Å². The predicted molar refractivity (Wildman–Crippen MR) is 90.3 cm³/mol. The predicted octanol–water partition coefficient (Wildman–Crippen LogP) is 3.12. The van der Waals surface area contributed by atoms with Gasteiger partial charge in [0.15, 0.2) is 0 Å². The molecule has 1 atom stereocenters. The van der Waals surface area contributed by atoms with Crippen LogP contribution in [0.15, 0.2) is 16.6 Å². The Labute approximate surface area is 147 Å². The summed E-state index contributed by atoms with van der Waals surface area (Å²) in [6.45, 7) is 4.78. The summed E-state index contributed by atoms with van der Waals surface area (Å²) in [7, 11) is 0. The number of nitrogens with two attached hydrogens (primary N) is 1. The van der Waals surface area contributed by atoms with Gasteiger partial charge in [-0.3, -0.25) is 14.9 Å². The Hall–Kier alpha value is -1.25. The van der Waals surface area contributed by atoms with Crippen LogP contribution >= 0.6 is 28.3 Å². The summed E-state index contributed by atoms with van der Waals surface area (Å²) in [5, 5.41) is 10.9. The molecule has 0 bridgehead atoms. The summed E-state index contributed by atoms with van der Waals surface area (Å²) >= 11 is 3.04. The Morgan fingerprint density at radius 3 is 2.65 bits per heavy atom. The number of nitro benzene ring substituents is 1. The molecule has 0 saturated carbocycles. The second kappa shape index (κ2) is 7.11. The van der Waals surface area contributed by atoms with Gasteiger partial charge >= 0.3 is 0 Å². The molecule has 1 amide bonds. The SMILES string of the molecule is CC1(C)CN(C(=O)c2cc(F)cc([N+](=O)[O-])c2Br)CCC1N.Cl. The van der Waals surface area contributed by atoms with Gasteiger partial charge in [0.25, 0.3) is 11.6 Å². The molecular formula is C14H18BrClFN3O3. The molecule has 1 unspecified atom stereocenters. The average molecular weight is 411 g/mol. The second-order valence-electron chi connectivity index (χ2n) is 6.15. The van der Waals surface area contributed by atoms with Crippen LogP contribution in [0.2, 0.25) is 0 Å². The van der Waals surface area contributed by atoms with Gasteiger partial charge < -0.3 is 10.6 Å². The standard InChI is InChI=1S/C14H17BrFN3O3.ClH/c1-14(2)7-18(4-3-11(14)17)13(20)9-5-8(16)6-10(12(9)15)19(21)22;/h5-6,11H,3-4,7,17H2,1-2H3;1H. The molecule has 128 valence electrons. The van der Waals surface area contributed by atoms with E-state index in [1.165, 1.54) is 0 Å². The number of hydrogen-bond donors (Lipinski definition) is 1. The quantitative estimate of drug-likeness (QED) is 0.599. The highest BCUT2D eigenvalue weighted by Crippen LogP contribution is 2.33. The van der Waals surface area contributed by atoms with Crippen LogP contribution in [0, 0.1) is 21.3 Å². The van der Waals surface area contributed by atoms with Gasteiger partial charge in [0, 0.05) is 19.1 Å². The number of amides is 1. The molecule has 1 aliphatic rings. The lowest BCUT2D eigenvalue weighted by Crippen LogP contribution is -2.54. The molecule has 1 fully saturated rings. The van der Waals surface area contributed by atoms with Crippen LogP contribution in [0.4, 0.5) is 10.1 Å². The first kappa shape index (κ1) is 19.8. The average Bonchev–Trinajstić information content (AvgIpc) is 2.42. The van der Waals surface area contributed by atoms with Crippen molar-refractivity contribution in [3.63, 3.8) is 0 Å². The Morgan fingerprint density at radius 1 is 1.52 bits per heavy atom. The molecule has 0 aliphatic carbocycles. The van der Waals surface area contributed by atoms with Gasteiger partial charge in [-0.15, -0.1) is 12.4 Å². The third-order valence-corrected chi connectivity index (χ3v) is 4.88. The molecule has 23 heavy (non-hydrogen) atoms. The molecule has 1 aromatic rings. The molecule has 6 nitrogen and oxygen atoms in total. The maximum atomic E-state index is 13.6. The van der Waals surface area contributed by atoms with Crippen molar-refractivity contribution >= 4 is 39.9 Å². The molecule has 0 aromatic heterocycles. The summed E-state index contributed by atoms with van der Waals surface area (Å²) in [4.78, 5) is 24.4. The van der Waals surface area contributed by atoms with Crippen LogP contribution in [-0.2, 0) is 0 Å². The lowest BCUT2D eigenvalue weighted by molar-refractivity contribution is -0.385. The summed E-state index contributed by atoms with van der Waals surface area (Å²) in [5.74, 6) is -1.25. The fraction of sp³-hybridized carbons (Fsp3) is 0.500. The zero-order valence-corrected chi connectivity index (χ0v) is 15.1. The molecule has 1 heterocycles. The number of carbonyl (C=O) groups is 1. The molecule has 1 saturated heterocycles. The molecule has 9 heteroatoms. The lowest BCUT2D eigenvalue weighted by atomic mass is 9.79. The first-order chi connectivity index (χ1) is 10.1. The van der Waals surface area contributed by atoms with Crippen molar-refractivity contribution in [2.75, 3.05) is 13.1 Å². The largest absolute Gasteiger partial charge is 0.338 e. The van der Waals surface area contributed by atoms with Gasteiger partial charge in [-0.1, -0.05) is 13.8 Å². The molecular weight excluding hydrogens is 393 g/mol. The van der Waals surface area contributed by atoms with E-state index in [4.69, 9.17) is 5.73 Å². The van der Waals surface area contributed by atoms with Crippen molar-refractivity contribution in [3.8, 4) is 0 Å². The maximum absolute atomic E-state index is 13.6. The molecule has 2 N–H and O–H groups in total. The first-order valence-electron chi connectivity index (χ1n) is 6.82. The minimum absolute atomic E-state index is 0. The molecule has 1 aromatic carbocycles. The number of nitrogens with zero attached hydrogens (tertiary/aromatic N) is 2. The Morgan fingerprint density at radius 2 is 2.13 bits per heavy atom. The minimum atomic E-state index is -0.814. The number of piperidine rings is 1. The first-order valence-corrected chi connectivity index (χ1v) is 7.61. The van der Waals surface area contributed by atoms with Crippen LogP contribution in [-0.4, -0.2) is 34.9 Å². The summed E-state index contributed by atoms with van der Waals surface area (Å²) < 4.78 is 13.6. The van der Waals surface area contributed by atoms with E-state index in [0.717, 1.165) is 12.1 Å². The van der Waals surface area contributed by atoms with Crippen LogP contribution in [0.25, 0.3) is 0 Å². The number of carbonyl (C=O) groups excluding carboxylic acids is 1. The fourth-order valence-corrected chi connectivity index (χ4v) is 3.12. The van der Waals surface area contributed by atoms with E-state index in [0.29, 0.717) is 19.5 Å². The third kappa shape index (κ3) is 3.99. The fourth-order valence-electron chi connectivity index (χ4n) is 2.58. The molecule has 0 radical (unpaired) electrons. The van der Waals surface area contributed by atoms with E-state index in [-0.39, 0.29) is 33.9 Å². The van der Waals surface area contributed by atoms with Gasteiger partial charge in [0.2, 0.25) is 0 Å². The zero-order chi connectivity index (χ0) is 16.7. The topological polar surface area (TPSA) is 89.5 Å². The molecule has 1 aliphatic heterocycles. The smallest absolute Gasteiger partial charge is 0.287 e. The van der Waals surface area contributed by atoms with Crippen molar-refractivity contribution < 1.29 is 14.1 Å². The van der Waals surface area contributed by atoms with Gasteiger partial charge in [0.1, 0.15) is 10.3 Å². The number of benzene rings is 1. The number of hydrogen-bond acceptors (Lipinski definition) is 4. The Kier molecular flexibility index (Phi) is 6.12. The summed E-state index contributed by atoms with van der Waals surface area (Å²) in [6, 6.07) is 1.78. The van der Waals surface area contributed by atoms with E-state index >= 15 is 0 Å². The third-order valence-electron chi connectivity index (χ3n) is 4.04. The van der Waals surface area contributed by atoms with Crippen molar-refractivity contribution in [3.05, 3.63) is 38.1 Å². The zero-order valence-electron chi connectivity index (χ0n) is 12.7. The number of rotatable bonds is 2. The van der Waals surface area contributed by atoms with Gasteiger partial charge in [-0.25, -0.2) is 4.39 Å². The van der Waals surface area contributed by atoms with Crippen molar-refractivity contribution in [1.82, 2.24) is 4.90 Å². The van der Waals surface area contributed by atoms with E-state index in [2.05, 4.69) is 15.9 Å². The second-order valence-corrected chi connectivity index (χ2v) is 6.95. The monoisotopic (exact) mass is 409 g/mol. The number of halogens is 3. The van der Waals surface area contributed by atoms with E-state index in [1.54, 1.807) is 4.90 Å². The summed E-state index contributed by atoms with van der Waals surface area (Å²) in [6.07, 6.45) is 0.633. The van der Waals surface area contributed by atoms with Crippen LogP contribution < -0.4 is 5.73 Å². The highest BCUT2D eigenvalue weighted by Gasteiger charge is 2.36. The van der Waals surface area contributed by atoms with Crippen LogP contribution in [0.3, 0.4) is 0 Å². The molecule has 0 spiro atoms. The minimum Gasteiger partial charge on any atom is -0.338 e. The van der Waals surface area contributed by atoms with Gasteiger partial charge in [0.05, 0.1) is 16.6 Å². The Bertz CT molecular complexity index is 642. The van der Waals surface area contributed by atoms with Crippen molar-refractivity contribution in [1.29, 1.82) is 0 Å².